The van der Waals surface area contributed by atoms with Gasteiger partial charge in [-0.2, -0.15) is 0 Å². The van der Waals surface area contributed by atoms with Gasteiger partial charge >= 0.3 is 5.97 Å². The number of nitrogens with zero attached hydrogens (tertiary/aromatic N) is 2. The maximum atomic E-state index is 12.3. The van der Waals surface area contributed by atoms with Crippen LogP contribution in [0.15, 0.2) is 84.2 Å². The third-order valence-electron chi connectivity index (χ3n) is 5.61. The number of aliphatic carboxylic acids is 1. The van der Waals surface area contributed by atoms with Crippen LogP contribution >= 0.6 is 22.9 Å². The summed E-state index contributed by atoms with van der Waals surface area (Å²) in [4.78, 5) is 30.1. The topological polar surface area (TPSA) is 82.5 Å². The van der Waals surface area contributed by atoms with E-state index in [-0.39, 0.29) is 18.9 Å². The summed E-state index contributed by atoms with van der Waals surface area (Å²) in [6, 6.07) is 25.4. The van der Waals surface area contributed by atoms with Crippen molar-refractivity contribution < 1.29 is 14.7 Å². The first-order valence-electron chi connectivity index (χ1n) is 11.6. The number of thiazole rings is 1. The minimum atomic E-state index is -0.943. The maximum absolute atomic E-state index is 12.3. The molecule has 36 heavy (non-hydrogen) atoms. The second-order valence-corrected chi connectivity index (χ2v) is 9.55. The number of nitrogens with one attached hydrogen (secondary N) is 1. The van der Waals surface area contributed by atoms with Gasteiger partial charge in [0.1, 0.15) is 0 Å². The van der Waals surface area contributed by atoms with E-state index < -0.39 is 5.97 Å². The van der Waals surface area contributed by atoms with Crippen LogP contribution in [0.1, 0.15) is 27.9 Å². The first-order valence-corrected chi connectivity index (χ1v) is 12.8. The van der Waals surface area contributed by atoms with E-state index in [0.29, 0.717) is 17.1 Å². The molecular weight excluding hydrogens is 494 g/mol. The van der Waals surface area contributed by atoms with Gasteiger partial charge in [0.15, 0.2) is 5.13 Å². The molecule has 0 fully saturated rings. The Morgan fingerprint density at radius 3 is 2.47 bits per heavy atom. The van der Waals surface area contributed by atoms with Crippen molar-refractivity contribution in [3.05, 3.63) is 106 Å². The first kappa shape index (κ1) is 25.4. The Labute approximate surface area is 219 Å². The largest absolute Gasteiger partial charge is 0.481 e. The van der Waals surface area contributed by atoms with Crippen LogP contribution in [0.5, 0.6) is 0 Å². The summed E-state index contributed by atoms with van der Waals surface area (Å²) in [5.41, 5.74) is 4.66. The van der Waals surface area contributed by atoms with Crippen LogP contribution in [0.4, 0.5) is 5.13 Å². The average molecular weight is 520 g/mol. The lowest BCUT2D eigenvalue weighted by Crippen LogP contribution is -2.26. The molecule has 0 radical (unpaired) electrons. The Bertz CT molecular complexity index is 1310. The van der Waals surface area contributed by atoms with Gasteiger partial charge in [0, 0.05) is 41.2 Å². The fourth-order valence-corrected chi connectivity index (χ4v) is 4.76. The Morgan fingerprint density at radius 2 is 1.75 bits per heavy atom. The van der Waals surface area contributed by atoms with Crippen molar-refractivity contribution in [1.29, 1.82) is 0 Å². The standard InChI is InChI=1S/C28H26ClN3O3S/c29-24-8-4-7-23(17-24)25-19-36-28(31-25)32(16-14-20-5-2-1-3-6-20)18-21-9-11-22(12-10-21)27(35)30-15-13-26(33)34/h1-12,17,19H,13-16,18H2,(H,30,35)(H,33,34). The predicted molar refractivity (Wildman–Crippen MR) is 145 cm³/mol. The van der Waals surface area contributed by atoms with E-state index in [9.17, 15) is 9.59 Å². The summed E-state index contributed by atoms with van der Waals surface area (Å²) < 4.78 is 0. The molecule has 3 aromatic carbocycles. The summed E-state index contributed by atoms with van der Waals surface area (Å²) in [6.45, 7) is 1.52. The number of carboxylic acids is 1. The molecule has 0 atom stereocenters. The highest BCUT2D eigenvalue weighted by Crippen LogP contribution is 2.30. The van der Waals surface area contributed by atoms with Crippen molar-refractivity contribution in [2.45, 2.75) is 19.4 Å². The lowest BCUT2D eigenvalue weighted by atomic mass is 10.1. The zero-order chi connectivity index (χ0) is 25.3. The molecule has 4 rings (SSSR count). The van der Waals surface area contributed by atoms with Crippen molar-refractivity contribution in [1.82, 2.24) is 10.3 Å². The first-order chi connectivity index (χ1) is 17.5. The summed E-state index contributed by atoms with van der Waals surface area (Å²) in [7, 11) is 0. The van der Waals surface area contributed by atoms with Gasteiger partial charge in [-0.15, -0.1) is 11.3 Å². The number of carbonyl (C=O) groups excluding carboxylic acids is 1. The van der Waals surface area contributed by atoms with Crippen molar-refractivity contribution in [2.24, 2.45) is 0 Å². The van der Waals surface area contributed by atoms with Crippen LogP contribution in [0, 0.1) is 0 Å². The van der Waals surface area contributed by atoms with Gasteiger partial charge in [-0.25, -0.2) is 4.98 Å². The molecule has 0 bridgehead atoms. The van der Waals surface area contributed by atoms with E-state index >= 15 is 0 Å². The van der Waals surface area contributed by atoms with Gasteiger partial charge in [0.25, 0.3) is 5.91 Å². The van der Waals surface area contributed by atoms with Gasteiger partial charge in [-0.05, 0) is 41.8 Å². The molecule has 1 amide bonds. The number of amides is 1. The van der Waals surface area contributed by atoms with E-state index in [1.54, 1.807) is 23.5 Å². The van der Waals surface area contributed by atoms with Crippen LogP contribution in [-0.4, -0.2) is 35.1 Å². The minimum absolute atomic E-state index is 0.0994. The van der Waals surface area contributed by atoms with Gasteiger partial charge in [-0.3, -0.25) is 9.59 Å². The molecule has 0 aliphatic carbocycles. The number of aromatic nitrogens is 1. The molecule has 0 unspecified atom stereocenters. The molecule has 0 aliphatic rings. The van der Waals surface area contributed by atoms with E-state index in [1.165, 1.54) is 5.56 Å². The number of anilines is 1. The minimum Gasteiger partial charge on any atom is -0.481 e. The summed E-state index contributed by atoms with van der Waals surface area (Å²) >= 11 is 7.77. The van der Waals surface area contributed by atoms with Crippen LogP contribution in [0.25, 0.3) is 11.3 Å². The van der Waals surface area contributed by atoms with Crippen molar-refractivity contribution in [2.75, 3.05) is 18.0 Å². The fraction of sp³-hybridized carbons (Fsp3) is 0.179. The molecule has 8 heteroatoms. The predicted octanol–water partition coefficient (Wildman–Crippen LogP) is 5.92. The van der Waals surface area contributed by atoms with Gasteiger partial charge in [0.05, 0.1) is 12.1 Å². The third kappa shape index (κ3) is 7.16. The number of hydrogen-bond acceptors (Lipinski definition) is 5. The lowest BCUT2D eigenvalue weighted by molar-refractivity contribution is -0.136. The van der Waals surface area contributed by atoms with Crippen LogP contribution in [0.2, 0.25) is 5.02 Å². The fourth-order valence-electron chi connectivity index (χ4n) is 3.71. The Morgan fingerprint density at radius 1 is 0.972 bits per heavy atom. The van der Waals surface area contributed by atoms with Crippen LogP contribution in [0.3, 0.4) is 0 Å². The van der Waals surface area contributed by atoms with E-state index in [0.717, 1.165) is 34.9 Å². The van der Waals surface area contributed by atoms with Crippen molar-refractivity contribution in [3.63, 3.8) is 0 Å². The summed E-state index contributed by atoms with van der Waals surface area (Å²) in [5, 5.41) is 15.0. The van der Waals surface area contributed by atoms with Crippen molar-refractivity contribution in [3.8, 4) is 11.3 Å². The summed E-state index contributed by atoms with van der Waals surface area (Å²) in [5.74, 6) is -1.23. The normalized spacial score (nSPS) is 10.7. The Balaban J connectivity index is 1.49. The number of halogens is 1. The number of carboxylic acid groups (broad SMARTS) is 1. The monoisotopic (exact) mass is 519 g/mol. The van der Waals surface area contributed by atoms with E-state index in [2.05, 4.69) is 22.3 Å². The molecule has 1 aromatic heterocycles. The Hall–Kier alpha value is -3.68. The van der Waals surface area contributed by atoms with E-state index in [1.807, 2.05) is 60.0 Å². The second-order valence-electron chi connectivity index (χ2n) is 8.28. The average Bonchev–Trinajstić information content (AvgIpc) is 3.38. The smallest absolute Gasteiger partial charge is 0.305 e. The zero-order valence-corrected chi connectivity index (χ0v) is 21.1. The quantitative estimate of drug-likeness (QED) is 0.257. The number of hydrogen-bond donors (Lipinski definition) is 2. The molecule has 0 saturated carbocycles. The Kier molecular flexibility index (Phi) is 8.71. The third-order valence-corrected chi connectivity index (χ3v) is 6.75. The van der Waals surface area contributed by atoms with Crippen LogP contribution in [-0.2, 0) is 17.8 Å². The molecule has 2 N–H and O–H groups in total. The van der Waals surface area contributed by atoms with Gasteiger partial charge in [-0.1, -0.05) is 66.2 Å². The molecular formula is C28H26ClN3O3S. The molecule has 0 aliphatic heterocycles. The SMILES string of the molecule is O=C(O)CCNC(=O)c1ccc(CN(CCc2ccccc2)c2nc(-c3cccc(Cl)c3)cs2)cc1. The van der Waals surface area contributed by atoms with Gasteiger partial charge in [0.2, 0.25) is 0 Å². The molecule has 184 valence electrons. The summed E-state index contributed by atoms with van der Waals surface area (Å²) in [6.07, 6.45) is 0.766. The molecule has 6 nitrogen and oxygen atoms in total. The molecule has 0 saturated heterocycles. The number of carbonyl (C=O) groups is 2. The highest BCUT2D eigenvalue weighted by atomic mass is 35.5. The number of benzene rings is 3. The van der Waals surface area contributed by atoms with Crippen LogP contribution < -0.4 is 10.2 Å². The highest BCUT2D eigenvalue weighted by molar-refractivity contribution is 7.14. The molecule has 0 spiro atoms. The molecule has 1 heterocycles. The molecule has 4 aromatic rings. The van der Waals surface area contributed by atoms with Gasteiger partial charge < -0.3 is 15.3 Å². The lowest BCUT2D eigenvalue weighted by Gasteiger charge is -2.22. The van der Waals surface area contributed by atoms with E-state index in [4.69, 9.17) is 21.7 Å². The number of rotatable bonds is 11. The highest BCUT2D eigenvalue weighted by Gasteiger charge is 2.14. The van der Waals surface area contributed by atoms with Crippen molar-refractivity contribution >= 4 is 39.9 Å². The maximum Gasteiger partial charge on any atom is 0.305 e. The zero-order valence-electron chi connectivity index (χ0n) is 19.6. The second kappa shape index (κ2) is 12.3.